The maximum absolute atomic E-state index is 11.7. The van der Waals surface area contributed by atoms with Crippen molar-refractivity contribution in [1.82, 2.24) is 20.2 Å². The summed E-state index contributed by atoms with van der Waals surface area (Å²) in [5.74, 6) is 1.12. The number of nitrogen functional groups attached to an aromatic ring is 1. The van der Waals surface area contributed by atoms with Gasteiger partial charge in [-0.05, 0) is 32.3 Å². The van der Waals surface area contributed by atoms with Crippen molar-refractivity contribution in [2.24, 2.45) is 0 Å². The SMILES string of the molecule is CC(C)NC(=O)CN(C)Cc1nc(N)c2ccsc2n1. The highest BCUT2D eigenvalue weighted by Gasteiger charge is 2.11. The van der Waals surface area contributed by atoms with Gasteiger partial charge in [0.15, 0.2) is 0 Å². The van der Waals surface area contributed by atoms with Crippen LogP contribution < -0.4 is 11.1 Å². The molecular weight excluding hydrogens is 274 g/mol. The van der Waals surface area contributed by atoms with E-state index in [1.807, 2.05) is 37.2 Å². The van der Waals surface area contributed by atoms with E-state index in [-0.39, 0.29) is 11.9 Å². The van der Waals surface area contributed by atoms with E-state index >= 15 is 0 Å². The van der Waals surface area contributed by atoms with E-state index < -0.39 is 0 Å². The number of amides is 1. The number of nitrogens with one attached hydrogen (secondary N) is 1. The summed E-state index contributed by atoms with van der Waals surface area (Å²) in [5.41, 5.74) is 5.90. The van der Waals surface area contributed by atoms with Gasteiger partial charge in [0, 0.05) is 6.04 Å². The van der Waals surface area contributed by atoms with Crippen molar-refractivity contribution in [3.05, 3.63) is 17.3 Å². The van der Waals surface area contributed by atoms with Gasteiger partial charge in [0.05, 0.1) is 18.5 Å². The maximum Gasteiger partial charge on any atom is 0.234 e. The smallest absolute Gasteiger partial charge is 0.234 e. The number of anilines is 1. The summed E-state index contributed by atoms with van der Waals surface area (Å²) in [6, 6.07) is 2.06. The standard InChI is InChI=1S/C13H19N5OS/c1-8(2)15-11(19)7-18(3)6-10-16-12(14)9-4-5-20-13(9)17-10/h4-5,8H,6-7H2,1-3H3,(H,15,19)(H2,14,16,17). The van der Waals surface area contributed by atoms with Crippen LogP contribution >= 0.6 is 11.3 Å². The molecule has 0 radical (unpaired) electrons. The summed E-state index contributed by atoms with van der Waals surface area (Å²) >= 11 is 1.54. The molecule has 0 aliphatic rings. The zero-order valence-electron chi connectivity index (χ0n) is 11.9. The first-order valence-corrected chi connectivity index (χ1v) is 7.31. The predicted molar refractivity (Wildman–Crippen MR) is 81.4 cm³/mol. The number of nitrogens with zero attached hydrogens (tertiary/aromatic N) is 3. The lowest BCUT2D eigenvalue weighted by Gasteiger charge is -2.16. The van der Waals surface area contributed by atoms with Crippen LogP contribution in [0, 0.1) is 0 Å². The predicted octanol–water partition coefficient (Wildman–Crippen LogP) is 1.23. The fraction of sp³-hybridized carbons (Fsp3) is 0.462. The Morgan fingerprint density at radius 3 is 2.95 bits per heavy atom. The van der Waals surface area contributed by atoms with E-state index in [4.69, 9.17) is 5.73 Å². The van der Waals surface area contributed by atoms with Crippen molar-refractivity contribution < 1.29 is 4.79 Å². The minimum absolute atomic E-state index is 0.00678. The lowest BCUT2D eigenvalue weighted by atomic mass is 10.3. The molecule has 0 saturated carbocycles. The highest BCUT2D eigenvalue weighted by atomic mass is 32.1. The average molecular weight is 293 g/mol. The van der Waals surface area contributed by atoms with E-state index in [2.05, 4.69) is 15.3 Å². The number of carbonyl (C=O) groups excluding carboxylic acids is 1. The maximum atomic E-state index is 11.7. The highest BCUT2D eigenvalue weighted by Crippen LogP contribution is 2.22. The van der Waals surface area contributed by atoms with Crippen LogP contribution in [0.15, 0.2) is 11.4 Å². The molecule has 7 heteroatoms. The van der Waals surface area contributed by atoms with Gasteiger partial charge in [0.2, 0.25) is 5.91 Å². The average Bonchev–Trinajstić information content (AvgIpc) is 2.75. The van der Waals surface area contributed by atoms with Crippen molar-refractivity contribution >= 4 is 33.3 Å². The molecule has 2 rings (SSSR count). The van der Waals surface area contributed by atoms with Gasteiger partial charge in [0.1, 0.15) is 16.5 Å². The van der Waals surface area contributed by atoms with Crippen LogP contribution in [-0.4, -0.2) is 40.4 Å². The molecular formula is C13H19N5OS. The molecule has 0 aromatic carbocycles. The monoisotopic (exact) mass is 293 g/mol. The van der Waals surface area contributed by atoms with Gasteiger partial charge in [0.25, 0.3) is 0 Å². The molecule has 2 heterocycles. The summed E-state index contributed by atoms with van der Waals surface area (Å²) in [5, 5.41) is 5.68. The summed E-state index contributed by atoms with van der Waals surface area (Å²) in [7, 11) is 1.86. The Morgan fingerprint density at radius 1 is 1.50 bits per heavy atom. The fourth-order valence-corrected chi connectivity index (χ4v) is 2.70. The molecule has 0 bridgehead atoms. The highest BCUT2D eigenvalue weighted by molar-refractivity contribution is 7.16. The Labute approximate surface area is 122 Å². The quantitative estimate of drug-likeness (QED) is 0.866. The minimum Gasteiger partial charge on any atom is -0.383 e. The van der Waals surface area contributed by atoms with Gasteiger partial charge in [-0.2, -0.15) is 0 Å². The first-order valence-electron chi connectivity index (χ1n) is 6.43. The van der Waals surface area contributed by atoms with Gasteiger partial charge in [-0.3, -0.25) is 9.69 Å². The lowest BCUT2D eigenvalue weighted by Crippen LogP contribution is -2.38. The molecule has 2 aromatic heterocycles. The summed E-state index contributed by atoms with van der Waals surface area (Å²) in [6.07, 6.45) is 0. The van der Waals surface area contributed by atoms with Crippen molar-refractivity contribution in [1.29, 1.82) is 0 Å². The molecule has 1 amide bonds. The largest absolute Gasteiger partial charge is 0.383 e. The third-order valence-corrected chi connectivity index (χ3v) is 3.48. The van der Waals surface area contributed by atoms with Crippen molar-refractivity contribution in [2.45, 2.75) is 26.4 Å². The summed E-state index contributed by atoms with van der Waals surface area (Å²) in [6.45, 7) is 4.67. The van der Waals surface area contributed by atoms with Gasteiger partial charge in [-0.1, -0.05) is 0 Å². The van der Waals surface area contributed by atoms with Crippen LogP contribution in [0.2, 0.25) is 0 Å². The van der Waals surface area contributed by atoms with Crippen molar-refractivity contribution in [3.8, 4) is 0 Å². The van der Waals surface area contributed by atoms with Crippen LogP contribution in [-0.2, 0) is 11.3 Å². The molecule has 0 unspecified atom stereocenters. The number of carbonyl (C=O) groups is 1. The number of likely N-dealkylation sites (N-methyl/N-ethyl adjacent to an activating group) is 1. The van der Waals surface area contributed by atoms with Crippen LogP contribution in [0.5, 0.6) is 0 Å². The van der Waals surface area contributed by atoms with Crippen LogP contribution in [0.25, 0.3) is 10.2 Å². The molecule has 0 aliphatic heterocycles. The third kappa shape index (κ3) is 3.64. The molecule has 0 aliphatic carbocycles. The normalized spacial score (nSPS) is 11.4. The Kier molecular flexibility index (Phi) is 4.51. The van der Waals surface area contributed by atoms with Gasteiger partial charge in [-0.15, -0.1) is 11.3 Å². The van der Waals surface area contributed by atoms with Crippen molar-refractivity contribution in [2.75, 3.05) is 19.3 Å². The number of fused-ring (bicyclic) bond motifs is 1. The zero-order chi connectivity index (χ0) is 14.7. The van der Waals surface area contributed by atoms with E-state index in [1.165, 1.54) is 11.3 Å². The molecule has 0 saturated heterocycles. The van der Waals surface area contributed by atoms with Crippen LogP contribution in [0.3, 0.4) is 0 Å². The van der Waals surface area contributed by atoms with Gasteiger partial charge >= 0.3 is 0 Å². The van der Waals surface area contributed by atoms with Crippen LogP contribution in [0.1, 0.15) is 19.7 Å². The molecule has 3 N–H and O–H groups in total. The van der Waals surface area contributed by atoms with Crippen LogP contribution in [0.4, 0.5) is 5.82 Å². The van der Waals surface area contributed by atoms with E-state index in [0.717, 1.165) is 10.2 Å². The second kappa shape index (κ2) is 6.15. The molecule has 108 valence electrons. The first kappa shape index (κ1) is 14.7. The topological polar surface area (TPSA) is 84.1 Å². The van der Waals surface area contributed by atoms with Gasteiger partial charge < -0.3 is 11.1 Å². The Bertz CT molecular complexity index is 610. The Morgan fingerprint density at radius 2 is 2.25 bits per heavy atom. The number of thiophene rings is 1. The first-order chi connectivity index (χ1) is 9.45. The number of hydrogen-bond donors (Lipinski definition) is 2. The number of hydrogen-bond acceptors (Lipinski definition) is 6. The molecule has 6 nitrogen and oxygen atoms in total. The lowest BCUT2D eigenvalue weighted by molar-refractivity contribution is -0.122. The second-order valence-electron chi connectivity index (χ2n) is 5.06. The summed E-state index contributed by atoms with van der Waals surface area (Å²) < 4.78 is 0. The molecule has 0 atom stereocenters. The van der Waals surface area contributed by atoms with E-state index in [1.54, 1.807) is 0 Å². The summed E-state index contributed by atoms with van der Waals surface area (Å²) in [4.78, 5) is 23.2. The van der Waals surface area contributed by atoms with Gasteiger partial charge in [-0.25, -0.2) is 9.97 Å². The van der Waals surface area contributed by atoms with Crippen molar-refractivity contribution in [3.63, 3.8) is 0 Å². The zero-order valence-corrected chi connectivity index (χ0v) is 12.7. The molecule has 2 aromatic rings. The Hall–Kier alpha value is -1.73. The number of nitrogens with two attached hydrogens (primary N) is 1. The molecule has 0 fully saturated rings. The number of rotatable bonds is 5. The molecule has 20 heavy (non-hydrogen) atoms. The molecule has 0 spiro atoms. The van der Waals surface area contributed by atoms with E-state index in [9.17, 15) is 4.79 Å². The second-order valence-corrected chi connectivity index (χ2v) is 5.95. The minimum atomic E-state index is -0.00678. The Balaban J connectivity index is 2.02. The number of aromatic nitrogens is 2. The fourth-order valence-electron chi connectivity index (χ4n) is 1.91. The van der Waals surface area contributed by atoms with E-state index in [0.29, 0.717) is 24.7 Å². The third-order valence-electron chi connectivity index (χ3n) is 2.68.